The number of benzene rings is 3. The van der Waals surface area contributed by atoms with E-state index >= 15 is 0 Å². The number of carbonyl (C=O) groups is 1. The number of hydrogen-bond donors (Lipinski definition) is 0. The van der Waals surface area contributed by atoms with Crippen LogP contribution in [0.15, 0.2) is 83.3 Å². The maximum atomic E-state index is 12.5. The number of carbonyl (C=O) groups excluding carboxylic acids is 1. The molecule has 4 heteroatoms. The fourth-order valence-electron chi connectivity index (χ4n) is 2.70. The fraction of sp³-hybridized carbons (Fsp3) is 0.174. The Hall–Kier alpha value is -2.59. The molecule has 0 bridgehead atoms. The van der Waals surface area contributed by atoms with Gasteiger partial charge in [-0.2, -0.15) is 0 Å². The Kier molecular flexibility index (Phi) is 7.05. The Morgan fingerprint density at radius 2 is 1.37 bits per heavy atom. The van der Waals surface area contributed by atoms with Gasteiger partial charge in [-0.1, -0.05) is 76.6 Å². The van der Waals surface area contributed by atoms with Gasteiger partial charge in [0, 0.05) is 17.3 Å². The van der Waals surface area contributed by atoms with Gasteiger partial charge in [-0.05, 0) is 29.3 Å². The van der Waals surface area contributed by atoms with Crippen molar-refractivity contribution >= 4 is 21.9 Å². The Morgan fingerprint density at radius 3 is 2.00 bits per heavy atom. The third kappa shape index (κ3) is 5.97. The SMILES string of the molecule is O=C(OCCc1ccccc1)c1cc(Br)ccc1OCCc1ccccc1. The summed E-state index contributed by atoms with van der Waals surface area (Å²) in [6, 6.07) is 25.5. The molecule has 3 aromatic rings. The second kappa shape index (κ2) is 9.93. The van der Waals surface area contributed by atoms with Gasteiger partial charge in [-0.25, -0.2) is 4.79 Å². The van der Waals surface area contributed by atoms with Crippen molar-refractivity contribution in [3.63, 3.8) is 0 Å². The molecule has 0 unspecified atom stereocenters. The number of ether oxygens (including phenoxy) is 2. The minimum Gasteiger partial charge on any atom is -0.492 e. The summed E-state index contributed by atoms with van der Waals surface area (Å²) in [5.41, 5.74) is 2.77. The summed E-state index contributed by atoms with van der Waals surface area (Å²) in [6.45, 7) is 0.828. The van der Waals surface area contributed by atoms with Gasteiger partial charge >= 0.3 is 5.97 Å². The van der Waals surface area contributed by atoms with E-state index in [9.17, 15) is 4.79 Å². The topological polar surface area (TPSA) is 35.5 Å². The average molecular weight is 425 g/mol. The second-order valence-electron chi connectivity index (χ2n) is 6.10. The molecule has 0 aliphatic rings. The van der Waals surface area contributed by atoms with Crippen LogP contribution < -0.4 is 4.74 Å². The summed E-state index contributed by atoms with van der Waals surface area (Å²) < 4.78 is 12.1. The fourth-order valence-corrected chi connectivity index (χ4v) is 3.06. The molecule has 0 atom stereocenters. The van der Waals surface area contributed by atoms with Crippen molar-refractivity contribution in [2.75, 3.05) is 13.2 Å². The summed E-state index contributed by atoms with van der Waals surface area (Å²) in [5, 5.41) is 0. The maximum Gasteiger partial charge on any atom is 0.341 e. The normalized spacial score (nSPS) is 10.4. The lowest BCUT2D eigenvalue weighted by Crippen LogP contribution is -2.11. The Morgan fingerprint density at radius 1 is 0.778 bits per heavy atom. The number of hydrogen-bond acceptors (Lipinski definition) is 3. The highest BCUT2D eigenvalue weighted by Crippen LogP contribution is 2.24. The highest BCUT2D eigenvalue weighted by molar-refractivity contribution is 9.10. The van der Waals surface area contributed by atoms with E-state index in [1.54, 1.807) is 12.1 Å². The van der Waals surface area contributed by atoms with Crippen molar-refractivity contribution < 1.29 is 14.3 Å². The molecule has 0 spiro atoms. The van der Waals surface area contributed by atoms with Gasteiger partial charge in [0.15, 0.2) is 0 Å². The van der Waals surface area contributed by atoms with Gasteiger partial charge in [0.25, 0.3) is 0 Å². The zero-order valence-corrected chi connectivity index (χ0v) is 16.5. The molecule has 0 saturated heterocycles. The van der Waals surface area contributed by atoms with Crippen LogP contribution in [0.3, 0.4) is 0 Å². The highest BCUT2D eigenvalue weighted by atomic mass is 79.9. The van der Waals surface area contributed by atoms with Crippen LogP contribution >= 0.6 is 15.9 Å². The van der Waals surface area contributed by atoms with E-state index in [-0.39, 0.29) is 5.97 Å². The van der Waals surface area contributed by atoms with E-state index in [1.807, 2.05) is 54.6 Å². The highest BCUT2D eigenvalue weighted by Gasteiger charge is 2.15. The molecule has 0 aliphatic carbocycles. The maximum absolute atomic E-state index is 12.5. The molecule has 0 amide bonds. The first-order valence-electron chi connectivity index (χ1n) is 8.90. The Balaban J connectivity index is 1.58. The lowest BCUT2D eigenvalue weighted by Gasteiger charge is -2.12. The minimum atomic E-state index is -0.373. The van der Waals surface area contributed by atoms with Crippen molar-refractivity contribution in [2.24, 2.45) is 0 Å². The average Bonchev–Trinajstić information content (AvgIpc) is 2.70. The van der Waals surface area contributed by atoms with Crippen LogP contribution in [0, 0.1) is 0 Å². The van der Waals surface area contributed by atoms with Gasteiger partial charge in [0.05, 0.1) is 13.2 Å². The molecule has 0 aliphatic heterocycles. The molecular formula is C23H21BrO3. The third-order valence-electron chi connectivity index (χ3n) is 4.12. The van der Waals surface area contributed by atoms with E-state index in [0.29, 0.717) is 30.9 Å². The van der Waals surface area contributed by atoms with Crippen LogP contribution in [0.2, 0.25) is 0 Å². The minimum absolute atomic E-state index is 0.332. The summed E-state index contributed by atoms with van der Waals surface area (Å²) in [4.78, 5) is 12.5. The molecule has 0 aromatic heterocycles. The summed E-state index contributed by atoms with van der Waals surface area (Å²) in [6.07, 6.45) is 1.46. The number of halogens is 1. The number of esters is 1. The van der Waals surface area contributed by atoms with Gasteiger partial charge in [0.2, 0.25) is 0 Å². The van der Waals surface area contributed by atoms with Gasteiger partial charge < -0.3 is 9.47 Å². The van der Waals surface area contributed by atoms with Crippen LogP contribution in [0.5, 0.6) is 5.75 Å². The first-order chi connectivity index (χ1) is 13.2. The lowest BCUT2D eigenvalue weighted by atomic mass is 10.1. The molecule has 0 saturated carbocycles. The van der Waals surface area contributed by atoms with Gasteiger partial charge in [-0.15, -0.1) is 0 Å². The van der Waals surface area contributed by atoms with Gasteiger partial charge in [-0.3, -0.25) is 0 Å². The van der Waals surface area contributed by atoms with Crippen molar-refractivity contribution in [3.05, 3.63) is 100 Å². The van der Waals surface area contributed by atoms with Crippen LogP contribution in [0.1, 0.15) is 21.5 Å². The van der Waals surface area contributed by atoms with Crippen LogP contribution in [0.4, 0.5) is 0 Å². The molecular weight excluding hydrogens is 404 g/mol. The second-order valence-corrected chi connectivity index (χ2v) is 7.01. The zero-order chi connectivity index (χ0) is 18.9. The summed E-state index contributed by atoms with van der Waals surface area (Å²) in [5.74, 6) is 0.167. The largest absolute Gasteiger partial charge is 0.492 e. The van der Waals surface area contributed by atoms with E-state index in [4.69, 9.17) is 9.47 Å². The van der Waals surface area contributed by atoms with E-state index < -0.39 is 0 Å². The molecule has 138 valence electrons. The molecule has 0 N–H and O–H groups in total. The molecule has 0 heterocycles. The molecule has 0 fully saturated rings. The quantitative estimate of drug-likeness (QED) is 0.449. The van der Waals surface area contributed by atoms with Crippen LogP contribution in [-0.4, -0.2) is 19.2 Å². The molecule has 3 rings (SSSR count). The smallest absolute Gasteiger partial charge is 0.341 e. The van der Waals surface area contributed by atoms with E-state index in [0.717, 1.165) is 16.5 Å². The van der Waals surface area contributed by atoms with E-state index in [2.05, 4.69) is 28.1 Å². The van der Waals surface area contributed by atoms with Crippen LogP contribution in [-0.2, 0) is 17.6 Å². The first kappa shape index (κ1) is 19.2. The first-order valence-corrected chi connectivity index (χ1v) is 9.69. The molecule has 3 nitrogen and oxygen atoms in total. The van der Waals surface area contributed by atoms with Gasteiger partial charge in [0.1, 0.15) is 11.3 Å². The van der Waals surface area contributed by atoms with E-state index in [1.165, 1.54) is 5.56 Å². The monoisotopic (exact) mass is 424 g/mol. The standard InChI is InChI=1S/C23H21BrO3/c24-20-11-12-22(26-15-13-18-7-3-1-4-8-18)21(17-20)23(25)27-16-14-19-9-5-2-6-10-19/h1-12,17H,13-16H2. The van der Waals surface area contributed by atoms with Crippen molar-refractivity contribution in [1.29, 1.82) is 0 Å². The predicted molar refractivity (Wildman–Crippen MR) is 110 cm³/mol. The van der Waals surface area contributed by atoms with Crippen molar-refractivity contribution in [2.45, 2.75) is 12.8 Å². The van der Waals surface area contributed by atoms with Crippen molar-refractivity contribution in [1.82, 2.24) is 0 Å². The third-order valence-corrected chi connectivity index (χ3v) is 4.61. The Bertz CT molecular complexity index is 863. The molecule has 0 radical (unpaired) electrons. The molecule has 3 aromatic carbocycles. The summed E-state index contributed by atoms with van der Waals surface area (Å²) in [7, 11) is 0. The van der Waals surface area contributed by atoms with Crippen molar-refractivity contribution in [3.8, 4) is 5.75 Å². The summed E-state index contributed by atoms with van der Waals surface area (Å²) >= 11 is 3.41. The number of rotatable bonds is 8. The predicted octanol–water partition coefficient (Wildman–Crippen LogP) is 5.47. The van der Waals surface area contributed by atoms with Crippen LogP contribution in [0.25, 0.3) is 0 Å². The Labute approximate surface area is 168 Å². The zero-order valence-electron chi connectivity index (χ0n) is 14.9. The lowest BCUT2D eigenvalue weighted by molar-refractivity contribution is 0.0504. The molecule has 27 heavy (non-hydrogen) atoms.